The minimum absolute atomic E-state index is 0.107. The molecule has 1 saturated heterocycles. The summed E-state index contributed by atoms with van der Waals surface area (Å²) in [6.45, 7) is 0.709. The van der Waals surface area contributed by atoms with Gasteiger partial charge in [-0.1, -0.05) is 0 Å². The van der Waals surface area contributed by atoms with E-state index in [1.807, 2.05) is 11.8 Å². The lowest BCUT2D eigenvalue weighted by atomic mass is 10.1. The molecule has 1 amide bonds. The highest BCUT2D eigenvalue weighted by Crippen LogP contribution is 2.22. The minimum atomic E-state index is -0.254. The summed E-state index contributed by atoms with van der Waals surface area (Å²) in [5.74, 6) is 2.78. The molecule has 0 spiro atoms. The van der Waals surface area contributed by atoms with Gasteiger partial charge in [0.1, 0.15) is 0 Å². The maximum absolute atomic E-state index is 11.4. The van der Waals surface area contributed by atoms with Crippen molar-refractivity contribution < 1.29 is 4.79 Å². The Morgan fingerprint density at radius 3 is 3.29 bits per heavy atom. The number of aromatic nitrogens is 4. The average molecular weight is 213 g/mol. The Morgan fingerprint density at radius 2 is 2.64 bits per heavy atom. The summed E-state index contributed by atoms with van der Waals surface area (Å²) < 4.78 is 0. The van der Waals surface area contributed by atoms with Crippen molar-refractivity contribution in [3.8, 4) is 0 Å². The number of nitrogens with one attached hydrogen (secondary N) is 2. The predicted octanol–water partition coefficient (Wildman–Crippen LogP) is -0.317. The van der Waals surface area contributed by atoms with Gasteiger partial charge in [0, 0.05) is 6.54 Å². The molecule has 1 aromatic heterocycles. The molecule has 0 radical (unpaired) electrons. The summed E-state index contributed by atoms with van der Waals surface area (Å²) >= 11 is 1.93. The molecule has 1 aliphatic heterocycles. The number of H-pyrrole nitrogens is 1. The first kappa shape index (κ1) is 9.45. The molecule has 0 saturated carbocycles. The summed E-state index contributed by atoms with van der Waals surface area (Å²) in [6, 6.07) is 0. The predicted molar refractivity (Wildman–Crippen MR) is 51.9 cm³/mol. The first-order valence-corrected chi connectivity index (χ1v) is 5.61. The summed E-state index contributed by atoms with van der Waals surface area (Å²) in [7, 11) is 0. The summed E-state index contributed by atoms with van der Waals surface area (Å²) in [5.41, 5.74) is 0. The normalized spacial score (nSPS) is 21.0. The number of amides is 1. The standard InChI is InChI=1S/C7H11N5OS/c13-7(6-9-11-12-10-6)8-3-5-1-2-14-4-5/h5H,1-4H2,(H,8,13)(H,9,10,11,12). The lowest BCUT2D eigenvalue weighted by Gasteiger charge is -2.07. The fraction of sp³-hybridized carbons (Fsp3) is 0.714. The van der Waals surface area contributed by atoms with Gasteiger partial charge in [-0.15, -0.1) is 10.2 Å². The smallest absolute Gasteiger partial charge is 0.292 e. The van der Waals surface area contributed by atoms with Crippen LogP contribution >= 0.6 is 11.8 Å². The van der Waals surface area contributed by atoms with E-state index in [0.717, 1.165) is 5.75 Å². The lowest BCUT2D eigenvalue weighted by molar-refractivity contribution is 0.0938. The van der Waals surface area contributed by atoms with Crippen molar-refractivity contribution in [2.24, 2.45) is 5.92 Å². The molecule has 0 aromatic carbocycles. The number of carbonyl (C=O) groups excluding carboxylic acids is 1. The average Bonchev–Trinajstić information content (AvgIpc) is 2.87. The Labute approximate surface area is 85.2 Å². The maximum Gasteiger partial charge on any atom is 0.292 e. The zero-order chi connectivity index (χ0) is 9.80. The van der Waals surface area contributed by atoms with Crippen molar-refractivity contribution in [1.82, 2.24) is 25.9 Å². The van der Waals surface area contributed by atoms with Crippen LogP contribution in [0, 0.1) is 5.92 Å². The zero-order valence-electron chi connectivity index (χ0n) is 7.56. The second-order valence-electron chi connectivity index (χ2n) is 3.18. The topological polar surface area (TPSA) is 83.6 Å². The summed E-state index contributed by atoms with van der Waals surface area (Å²) in [6.07, 6.45) is 1.18. The number of nitrogens with zero attached hydrogens (tertiary/aromatic N) is 3. The molecule has 1 aromatic rings. The van der Waals surface area contributed by atoms with Crippen LogP contribution in [0.15, 0.2) is 0 Å². The first-order valence-electron chi connectivity index (χ1n) is 4.45. The molecule has 7 heteroatoms. The van der Waals surface area contributed by atoms with Crippen molar-refractivity contribution in [2.75, 3.05) is 18.1 Å². The van der Waals surface area contributed by atoms with Gasteiger partial charge in [-0.3, -0.25) is 4.79 Å². The van der Waals surface area contributed by atoms with Crippen LogP contribution in [0.2, 0.25) is 0 Å². The van der Waals surface area contributed by atoms with E-state index in [1.54, 1.807) is 0 Å². The van der Waals surface area contributed by atoms with Gasteiger partial charge in [-0.25, -0.2) is 0 Å². The van der Waals surface area contributed by atoms with E-state index in [2.05, 4.69) is 25.9 Å². The molecular formula is C7H11N5OS. The largest absolute Gasteiger partial charge is 0.349 e. The van der Waals surface area contributed by atoms with Crippen molar-refractivity contribution in [2.45, 2.75) is 6.42 Å². The van der Waals surface area contributed by atoms with Crippen LogP contribution in [0.3, 0.4) is 0 Å². The Kier molecular flexibility index (Phi) is 2.97. The number of rotatable bonds is 3. The van der Waals surface area contributed by atoms with Gasteiger partial charge in [0.2, 0.25) is 0 Å². The van der Waals surface area contributed by atoms with Gasteiger partial charge in [0.25, 0.3) is 11.7 Å². The van der Waals surface area contributed by atoms with Crippen LogP contribution in [0.1, 0.15) is 17.0 Å². The van der Waals surface area contributed by atoms with Crippen molar-refractivity contribution in [3.05, 3.63) is 5.82 Å². The highest BCUT2D eigenvalue weighted by molar-refractivity contribution is 7.99. The van der Waals surface area contributed by atoms with Crippen LogP contribution in [0.5, 0.6) is 0 Å². The first-order chi connectivity index (χ1) is 6.86. The van der Waals surface area contributed by atoms with Gasteiger partial charge in [0.05, 0.1) is 0 Å². The molecule has 1 atom stereocenters. The Bertz CT molecular complexity index is 295. The third-order valence-corrected chi connectivity index (χ3v) is 3.36. The number of carbonyl (C=O) groups is 1. The maximum atomic E-state index is 11.4. The minimum Gasteiger partial charge on any atom is -0.349 e. The highest BCUT2D eigenvalue weighted by Gasteiger charge is 2.17. The number of aromatic amines is 1. The van der Waals surface area contributed by atoms with E-state index in [9.17, 15) is 4.79 Å². The molecule has 2 rings (SSSR count). The third-order valence-electron chi connectivity index (χ3n) is 2.12. The fourth-order valence-corrected chi connectivity index (χ4v) is 2.60. The van der Waals surface area contributed by atoms with Crippen LogP contribution < -0.4 is 5.32 Å². The Hall–Kier alpha value is -1.11. The number of hydrogen-bond acceptors (Lipinski definition) is 5. The molecule has 2 heterocycles. The van der Waals surface area contributed by atoms with Crippen molar-refractivity contribution in [1.29, 1.82) is 0 Å². The SMILES string of the molecule is O=C(NCC1CCSC1)c1nn[nH]n1. The van der Waals surface area contributed by atoms with E-state index in [0.29, 0.717) is 12.5 Å². The molecule has 6 nitrogen and oxygen atoms in total. The quantitative estimate of drug-likeness (QED) is 0.719. The molecule has 0 bridgehead atoms. The molecular weight excluding hydrogens is 202 g/mol. The second-order valence-corrected chi connectivity index (χ2v) is 4.32. The van der Waals surface area contributed by atoms with Crippen molar-refractivity contribution in [3.63, 3.8) is 0 Å². The number of thioether (sulfide) groups is 1. The molecule has 14 heavy (non-hydrogen) atoms. The Morgan fingerprint density at radius 1 is 1.71 bits per heavy atom. The van der Waals surface area contributed by atoms with Crippen LogP contribution in [0.4, 0.5) is 0 Å². The molecule has 1 aliphatic rings. The van der Waals surface area contributed by atoms with Gasteiger partial charge in [-0.2, -0.15) is 17.0 Å². The van der Waals surface area contributed by atoms with Gasteiger partial charge in [0.15, 0.2) is 0 Å². The van der Waals surface area contributed by atoms with Crippen molar-refractivity contribution >= 4 is 17.7 Å². The zero-order valence-corrected chi connectivity index (χ0v) is 8.38. The molecule has 0 aliphatic carbocycles. The van der Waals surface area contributed by atoms with E-state index in [1.165, 1.54) is 12.2 Å². The monoisotopic (exact) mass is 213 g/mol. The van der Waals surface area contributed by atoms with E-state index in [-0.39, 0.29) is 11.7 Å². The molecule has 2 N–H and O–H groups in total. The van der Waals surface area contributed by atoms with E-state index >= 15 is 0 Å². The van der Waals surface area contributed by atoms with Crippen LogP contribution in [0.25, 0.3) is 0 Å². The van der Waals surface area contributed by atoms with E-state index in [4.69, 9.17) is 0 Å². The lowest BCUT2D eigenvalue weighted by Crippen LogP contribution is -2.30. The van der Waals surface area contributed by atoms with Crippen LogP contribution in [-0.2, 0) is 0 Å². The summed E-state index contributed by atoms with van der Waals surface area (Å²) in [5, 5.41) is 15.5. The molecule has 1 unspecified atom stereocenters. The van der Waals surface area contributed by atoms with Gasteiger partial charge < -0.3 is 5.32 Å². The van der Waals surface area contributed by atoms with Crippen LogP contribution in [-0.4, -0.2) is 44.6 Å². The van der Waals surface area contributed by atoms with Gasteiger partial charge in [-0.05, 0) is 29.1 Å². The fourth-order valence-electron chi connectivity index (χ4n) is 1.32. The second kappa shape index (κ2) is 4.41. The Balaban J connectivity index is 1.78. The highest BCUT2D eigenvalue weighted by atomic mass is 32.2. The van der Waals surface area contributed by atoms with E-state index < -0.39 is 0 Å². The molecule has 76 valence electrons. The number of hydrogen-bond donors (Lipinski definition) is 2. The number of tetrazole rings is 1. The third kappa shape index (κ3) is 2.22. The molecule has 1 fully saturated rings. The van der Waals surface area contributed by atoms with Gasteiger partial charge >= 0.3 is 0 Å². The summed E-state index contributed by atoms with van der Waals surface area (Å²) in [4.78, 5) is 11.4.